The van der Waals surface area contributed by atoms with Crippen molar-refractivity contribution in [1.29, 1.82) is 0 Å². The van der Waals surface area contributed by atoms with Crippen LogP contribution >= 0.6 is 12.4 Å². The van der Waals surface area contributed by atoms with Crippen molar-refractivity contribution in [1.82, 2.24) is 15.5 Å². The van der Waals surface area contributed by atoms with Crippen molar-refractivity contribution in [2.75, 3.05) is 13.1 Å². The average Bonchev–Trinajstić information content (AvgIpc) is 2.45. The van der Waals surface area contributed by atoms with Crippen molar-refractivity contribution in [3.63, 3.8) is 0 Å². The topological polar surface area (TPSA) is 101 Å². The minimum atomic E-state index is -0.0777. The quantitative estimate of drug-likeness (QED) is 0.716. The minimum Gasteiger partial charge on any atom is -0.355 e. The maximum atomic E-state index is 11.7. The SMILES string of the molecule is Cl.NCCNC(=O)CCc1n[nH]c(=O)c2c1CCCC2. The number of hydrogen-bond donors (Lipinski definition) is 3. The molecule has 1 aromatic rings. The second-order valence-electron chi connectivity index (χ2n) is 4.80. The van der Waals surface area contributed by atoms with Gasteiger partial charge < -0.3 is 11.1 Å². The molecule has 0 spiro atoms. The first kappa shape index (κ1) is 16.7. The van der Waals surface area contributed by atoms with E-state index in [9.17, 15) is 9.59 Å². The predicted molar refractivity (Wildman–Crippen MR) is 79.1 cm³/mol. The molecule has 20 heavy (non-hydrogen) atoms. The van der Waals surface area contributed by atoms with Gasteiger partial charge in [-0.05, 0) is 31.2 Å². The number of nitrogens with zero attached hydrogens (tertiary/aromatic N) is 1. The molecule has 0 atom stereocenters. The highest BCUT2D eigenvalue weighted by Crippen LogP contribution is 2.20. The number of H-pyrrole nitrogens is 1. The van der Waals surface area contributed by atoms with Crippen molar-refractivity contribution in [3.05, 3.63) is 27.2 Å². The molecule has 1 heterocycles. The molecule has 0 bridgehead atoms. The van der Waals surface area contributed by atoms with E-state index in [2.05, 4.69) is 15.5 Å². The number of aromatic amines is 1. The van der Waals surface area contributed by atoms with Crippen LogP contribution in [-0.2, 0) is 24.1 Å². The number of carbonyl (C=O) groups is 1. The fourth-order valence-corrected chi connectivity index (χ4v) is 2.47. The van der Waals surface area contributed by atoms with Gasteiger partial charge >= 0.3 is 0 Å². The second kappa shape index (κ2) is 8.01. The third-order valence-corrected chi connectivity index (χ3v) is 3.44. The van der Waals surface area contributed by atoms with Gasteiger partial charge in [-0.15, -0.1) is 12.4 Å². The number of hydrogen-bond acceptors (Lipinski definition) is 4. The van der Waals surface area contributed by atoms with E-state index in [-0.39, 0.29) is 23.9 Å². The lowest BCUT2D eigenvalue weighted by Gasteiger charge is -2.17. The molecule has 4 N–H and O–H groups in total. The fourth-order valence-electron chi connectivity index (χ4n) is 2.47. The normalized spacial score (nSPS) is 13.2. The summed E-state index contributed by atoms with van der Waals surface area (Å²) < 4.78 is 0. The van der Waals surface area contributed by atoms with Crippen LogP contribution in [0.4, 0.5) is 0 Å². The lowest BCUT2D eigenvalue weighted by atomic mass is 9.91. The van der Waals surface area contributed by atoms with Gasteiger partial charge in [0.2, 0.25) is 5.91 Å². The lowest BCUT2D eigenvalue weighted by Crippen LogP contribution is -2.29. The minimum absolute atomic E-state index is 0. The van der Waals surface area contributed by atoms with Gasteiger partial charge in [0.15, 0.2) is 0 Å². The van der Waals surface area contributed by atoms with Crippen molar-refractivity contribution in [2.24, 2.45) is 5.73 Å². The van der Waals surface area contributed by atoms with Crippen molar-refractivity contribution in [2.45, 2.75) is 38.5 Å². The van der Waals surface area contributed by atoms with Gasteiger partial charge in [0, 0.05) is 31.5 Å². The molecule has 0 aliphatic heterocycles. The maximum Gasteiger partial charge on any atom is 0.267 e. The van der Waals surface area contributed by atoms with E-state index in [4.69, 9.17) is 5.73 Å². The monoisotopic (exact) mass is 300 g/mol. The van der Waals surface area contributed by atoms with E-state index < -0.39 is 0 Å². The zero-order chi connectivity index (χ0) is 13.7. The van der Waals surface area contributed by atoms with Crippen molar-refractivity contribution >= 4 is 18.3 Å². The Hall–Kier alpha value is -1.40. The second-order valence-corrected chi connectivity index (χ2v) is 4.80. The fraction of sp³-hybridized carbons (Fsp3) is 0.615. The number of aryl methyl sites for hydroxylation is 1. The molecule has 6 nitrogen and oxygen atoms in total. The van der Waals surface area contributed by atoms with Crippen LogP contribution in [0.3, 0.4) is 0 Å². The molecule has 1 aliphatic rings. The van der Waals surface area contributed by atoms with Crippen LogP contribution in [0.2, 0.25) is 0 Å². The molecule has 112 valence electrons. The molecule has 0 fully saturated rings. The lowest BCUT2D eigenvalue weighted by molar-refractivity contribution is -0.121. The largest absolute Gasteiger partial charge is 0.355 e. The number of nitrogens with one attached hydrogen (secondary N) is 2. The molecular weight excluding hydrogens is 280 g/mol. The van der Waals surface area contributed by atoms with Gasteiger partial charge in [-0.3, -0.25) is 9.59 Å². The molecular formula is C13H21ClN4O2. The summed E-state index contributed by atoms with van der Waals surface area (Å²) in [5.74, 6) is -0.0250. The molecule has 0 unspecified atom stereocenters. The summed E-state index contributed by atoms with van der Waals surface area (Å²) in [4.78, 5) is 23.2. The van der Waals surface area contributed by atoms with Crippen LogP contribution in [0.5, 0.6) is 0 Å². The Kier molecular flexibility index (Phi) is 6.67. The van der Waals surface area contributed by atoms with Gasteiger partial charge in [-0.2, -0.15) is 5.10 Å². The Morgan fingerprint density at radius 3 is 2.70 bits per heavy atom. The van der Waals surface area contributed by atoms with E-state index in [1.807, 2.05) is 0 Å². The van der Waals surface area contributed by atoms with Gasteiger partial charge in [0.05, 0.1) is 5.69 Å². The number of aromatic nitrogens is 2. The van der Waals surface area contributed by atoms with Crippen LogP contribution in [0.15, 0.2) is 4.79 Å². The Morgan fingerprint density at radius 2 is 2.00 bits per heavy atom. The van der Waals surface area contributed by atoms with Crippen LogP contribution < -0.4 is 16.6 Å². The molecule has 1 aromatic heterocycles. The smallest absolute Gasteiger partial charge is 0.267 e. The summed E-state index contributed by atoms with van der Waals surface area (Å²) in [5, 5.41) is 9.37. The first-order valence-electron chi connectivity index (χ1n) is 6.78. The van der Waals surface area contributed by atoms with Crippen LogP contribution in [0, 0.1) is 0 Å². The average molecular weight is 301 g/mol. The molecule has 0 radical (unpaired) electrons. The summed E-state index contributed by atoms with van der Waals surface area (Å²) >= 11 is 0. The first-order valence-corrected chi connectivity index (χ1v) is 6.78. The Bertz CT molecular complexity index is 516. The first-order chi connectivity index (χ1) is 9.22. The number of carbonyl (C=O) groups excluding carboxylic acids is 1. The molecule has 2 rings (SSSR count). The highest BCUT2D eigenvalue weighted by Gasteiger charge is 2.18. The maximum absolute atomic E-state index is 11.7. The van der Waals surface area contributed by atoms with E-state index in [1.54, 1.807) is 0 Å². The molecule has 0 saturated heterocycles. The molecule has 0 aromatic carbocycles. The molecule has 1 amide bonds. The molecule has 7 heteroatoms. The highest BCUT2D eigenvalue weighted by atomic mass is 35.5. The van der Waals surface area contributed by atoms with E-state index in [0.29, 0.717) is 25.9 Å². The van der Waals surface area contributed by atoms with E-state index in [0.717, 1.165) is 42.5 Å². The van der Waals surface area contributed by atoms with Crippen LogP contribution in [-0.4, -0.2) is 29.2 Å². The van der Waals surface area contributed by atoms with Gasteiger partial charge in [-0.25, -0.2) is 5.10 Å². The Labute approximate surface area is 123 Å². The summed E-state index contributed by atoms with van der Waals surface area (Å²) in [6.07, 6.45) is 4.80. The van der Waals surface area contributed by atoms with Crippen LogP contribution in [0.1, 0.15) is 36.1 Å². The van der Waals surface area contributed by atoms with E-state index >= 15 is 0 Å². The zero-order valence-corrected chi connectivity index (χ0v) is 12.2. The molecule has 0 saturated carbocycles. The Morgan fingerprint density at radius 1 is 1.30 bits per heavy atom. The summed E-state index contributed by atoms with van der Waals surface area (Å²) in [6, 6.07) is 0. The third kappa shape index (κ3) is 4.05. The highest BCUT2D eigenvalue weighted by molar-refractivity contribution is 5.85. The summed E-state index contributed by atoms with van der Waals surface area (Å²) in [7, 11) is 0. The van der Waals surface area contributed by atoms with Crippen LogP contribution in [0.25, 0.3) is 0 Å². The van der Waals surface area contributed by atoms with Crippen molar-refractivity contribution < 1.29 is 4.79 Å². The van der Waals surface area contributed by atoms with Crippen molar-refractivity contribution in [3.8, 4) is 0 Å². The standard InChI is InChI=1S/C13H20N4O2.ClH/c14-7-8-15-12(18)6-5-11-9-3-1-2-4-10(9)13(19)17-16-11;/h1-8,14H2,(H,15,18)(H,17,19);1H. The number of nitrogens with two attached hydrogens (primary N) is 1. The van der Waals surface area contributed by atoms with Gasteiger partial charge in [0.25, 0.3) is 5.56 Å². The summed E-state index contributed by atoms with van der Waals surface area (Å²) in [5.41, 5.74) is 8.02. The van der Waals surface area contributed by atoms with Gasteiger partial charge in [-0.1, -0.05) is 0 Å². The summed E-state index contributed by atoms with van der Waals surface area (Å²) in [6.45, 7) is 0.939. The Balaban J connectivity index is 0.00000200. The zero-order valence-electron chi connectivity index (χ0n) is 11.4. The number of fused-ring (bicyclic) bond motifs is 1. The van der Waals surface area contributed by atoms with Gasteiger partial charge in [0.1, 0.15) is 0 Å². The third-order valence-electron chi connectivity index (χ3n) is 3.44. The number of rotatable bonds is 5. The number of halogens is 1. The predicted octanol–water partition coefficient (Wildman–Crippen LogP) is 0.0780. The molecule has 1 aliphatic carbocycles. The number of amides is 1. The van der Waals surface area contributed by atoms with E-state index in [1.165, 1.54) is 0 Å².